The van der Waals surface area contributed by atoms with Gasteiger partial charge in [0.25, 0.3) is 11.6 Å². The first-order chi connectivity index (χ1) is 14.9. The second kappa shape index (κ2) is 12.1. The largest absolute Gasteiger partial charge is 0.497 e. The highest BCUT2D eigenvalue weighted by molar-refractivity contribution is 5.94. The molecule has 0 aliphatic rings. The molecule has 2 rings (SSSR count). The van der Waals surface area contributed by atoms with Gasteiger partial charge in [-0.1, -0.05) is 12.1 Å². The van der Waals surface area contributed by atoms with E-state index in [4.69, 9.17) is 4.74 Å². The van der Waals surface area contributed by atoms with Crippen molar-refractivity contribution in [3.05, 3.63) is 69.8 Å². The monoisotopic (exact) mass is 428 g/mol. The van der Waals surface area contributed by atoms with Crippen LogP contribution in [-0.4, -0.2) is 48.5 Å². The molecular weight excluding hydrogens is 394 g/mol. The summed E-state index contributed by atoms with van der Waals surface area (Å²) in [4.78, 5) is 27.2. The highest BCUT2D eigenvalue weighted by Gasteiger charge is 2.23. The van der Waals surface area contributed by atoms with E-state index in [0.717, 1.165) is 43.8 Å². The van der Waals surface area contributed by atoms with Crippen LogP contribution in [0.5, 0.6) is 5.75 Å². The molecule has 0 unspecified atom stereocenters. The topological polar surface area (TPSA) is 77.1 Å². The second-order valence-corrected chi connectivity index (χ2v) is 7.78. The van der Waals surface area contributed by atoms with Gasteiger partial charge in [-0.3, -0.25) is 14.9 Å². The molecule has 31 heavy (non-hydrogen) atoms. The SMILES string of the molecule is CC[NH+](CC)CCC[C@@H](C)N(Cc1ccc(OC)cc1)C(=O)c1ccc([N+](=O)[O-])cc1. The van der Waals surface area contributed by atoms with Gasteiger partial charge in [0.15, 0.2) is 0 Å². The highest BCUT2D eigenvalue weighted by Crippen LogP contribution is 2.20. The summed E-state index contributed by atoms with van der Waals surface area (Å²) in [5, 5.41) is 10.9. The Morgan fingerprint density at radius 3 is 2.23 bits per heavy atom. The summed E-state index contributed by atoms with van der Waals surface area (Å²) in [6.45, 7) is 10.2. The van der Waals surface area contributed by atoms with Crippen molar-refractivity contribution in [1.82, 2.24) is 4.90 Å². The molecule has 0 aromatic heterocycles. The summed E-state index contributed by atoms with van der Waals surface area (Å²) in [6, 6.07) is 13.6. The molecule has 0 heterocycles. The number of hydrogen-bond acceptors (Lipinski definition) is 4. The molecule has 0 aliphatic heterocycles. The van der Waals surface area contributed by atoms with Crippen molar-refractivity contribution in [3.63, 3.8) is 0 Å². The average molecular weight is 429 g/mol. The molecule has 2 aromatic rings. The zero-order valence-electron chi connectivity index (χ0n) is 19.0. The zero-order chi connectivity index (χ0) is 22.8. The Balaban J connectivity index is 2.18. The van der Waals surface area contributed by atoms with Gasteiger partial charge in [-0.05, 0) is 63.4 Å². The maximum atomic E-state index is 13.3. The Bertz CT molecular complexity index is 833. The van der Waals surface area contributed by atoms with Gasteiger partial charge in [0.05, 0.1) is 31.7 Å². The Morgan fingerprint density at radius 1 is 1.10 bits per heavy atom. The van der Waals surface area contributed by atoms with E-state index in [1.54, 1.807) is 12.0 Å². The minimum Gasteiger partial charge on any atom is -0.497 e. The van der Waals surface area contributed by atoms with E-state index in [9.17, 15) is 14.9 Å². The van der Waals surface area contributed by atoms with Crippen molar-refractivity contribution >= 4 is 11.6 Å². The molecule has 7 heteroatoms. The number of hydrogen-bond donors (Lipinski definition) is 1. The third kappa shape index (κ3) is 7.07. The molecular formula is C24H34N3O4+. The molecule has 2 aromatic carbocycles. The molecule has 168 valence electrons. The van der Waals surface area contributed by atoms with E-state index in [2.05, 4.69) is 20.8 Å². The van der Waals surface area contributed by atoms with Gasteiger partial charge in [-0.25, -0.2) is 0 Å². The number of quaternary nitrogens is 1. The van der Waals surface area contributed by atoms with Gasteiger partial charge >= 0.3 is 0 Å². The first kappa shape index (κ1) is 24.3. The zero-order valence-corrected chi connectivity index (χ0v) is 19.0. The van der Waals surface area contributed by atoms with Crippen LogP contribution in [0.1, 0.15) is 49.5 Å². The molecule has 0 bridgehead atoms. The quantitative estimate of drug-likeness (QED) is 0.416. The standard InChI is InChI=1S/C24H33N3O4/c1-5-25(6-2)17-7-8-19(3)26(18-20-9-15-23(31-4)16-10-20)24(28)21-11-13-22(14-12-21)27(29)30/h9-16,19H,5-8,17-18H2,1-4H3/p+1/t19-/m1/s1. The predicted molar refractivity (Wildman–Crippen MR) is 122 cm³/mol. The molecule has 0 radical (unpaired) electrons. The molecule has 1 N–H and O–H groups in total. The van der Waals surface area contributed by atoms with Crippen molar-refractivity contribution < 1.29 is 19.4 Å². The first-order valence-corrected chi connectivity index (χ1v) is 10.9. The summed E-state index contributed by atoms with van der Waals surface area (Å²) in [5.74, 6) is 0.653. The minimum absolute atomic E-state index is 0.0199. The van der Waals surface area contributed by atoms with Crippen LogP contribution in [0.25, 0.3) is 0 Å². The molecule has 0 spiro atoms. The number of carbonyl (C=O) groups excluding carboxylic acids is 1. The van der Waals surface area contributed by atoms with Gasteiger partial charge in [-0.2, -0.15) is 0 Å². The van der Waals surface area contributed by atoms with Gasteiger partial charge in [0, 0.05) is 30.3 Å². The van der Waals surface area contributed by atoms with Gasteiger partial charge in [0.2, 0.25) is 0 Å². The number of methoxy groups -OCH3 is 1. The minimum atomic E-state index is -0.457. The molecule has 0 fully saturated rings. The number of carbonyl (C=O) groups is 1. The lowest BCUT2D eigenvalue weighted by Gasteiger charge is -2.30. The number of nitrogens with one attached hydrogen (secondary N) is 1. The molecule has 1 atom stereocenters. The highest BCUT2D eigenvalue weighted by atomic mass is 16.6. The number of benzene rings is 2. The number of non-ortho nitro benzene ring substituents is 1. The molecule has 0 aliphatic carbocycles. The van der Waals surface area contributed by atoms with Crippen LogP contribution < -0.4 is 9.64 Å². The third-order valence-corrected chi connectivity index (χ3v) is 5.78. The van der Waals surface area contributed by atoms with Crippen molar-refractivity contribution in [1.29, 1.82) is 0 Å². The Kier molecular flexibility index (Phi) is 9.46. The van der Waals surface area contributed by atoms with E-state index in [0.29, 0.717) is 12.1 Å². The normalized spacial score (nSPS) is 11.9. The summed E-state index contributed by atoms with van der Waals surface area (Å²) in [5.41, 5.74) is 1.45. The third-order valence-electron chi connectivity index (χ3n) is 5.78. The predicted octanol–water partition coefficient (Wildman–Crippen LogP) is 3.34. The summed E-state index contributed by atoms with van der Waals surface area (Å²) >= 11 is 0. The first-order valence-electron chi connectivity index (χ1n) is 10.9. The summed E-state index contributed by atoms with van der Waals surface area (Å²) in [6.07, 6.45) is 1.93. The second-order valence-electron chi connectivity index (χ2n) is 7.78. The lowest BCUT2D eigenvalue weighted by molar-refractivity contribution is -0.896. The van der Waals surface area contributed by atoms with Gasteiger partial charge < -0.3 is 14.5 Å². The maximum absolute atomic E-state index is 13.3. The molecule has 1 amide bonds. The Hall–Kier alpha value is -2.93. The smallest absolute Gasteiger partial charge is 0.269 e. The Morgan fingerprint density at radius 2 is 1.71 bits per heavy atom. The fraction of sp³-hybridized carbons (Fsp3) is 0.458. The lowest BCUT2D eigenvalue weighted by Crippen LogP contribution is -3.11. The van der Waals surface area contributed by atoms with Gasteiger partial charge in [0.1, 0.15) is 5.75 Å². The van der Waals surface area contributed by atoms with Crippen LogP contribution in [-0.2, 0) is 6.54 Å². The number of nitro benzene ring substituents is 1. The van der Waals surface area contributed by atoms with Crippen molar-refractivity contribution in [3.8, 4) is 5.75 Å². The fourth-order valence-electron chi connectivity index (χ4n) is 3.65. The average Bonchev–Trinajstić information content (AvgIpc) is 2.80. The van der Waals surface area contributed by atoms with Crippen LogP contribution >= 0.6 is 0 Å². The van der Waals surface area contributed by atoms with Crippen molar-refractivity contribution in [2.45, 2.75) is 46.2 Å². The summed E-state index contributed by atoms with van der Waals surface area (Å²) in [7, 11) is 1.62. The Labute approximate surface area is 184 Å². The van der Waals surface area contributed by atoms with Crippen molar-refractivity contribution in [2.24, 2.45) is 0 Å². The van der Waals surface area contributed by atoms with E-state index in [1.165, 1.54) is 24.3 Å². The number of nitro groups is 1. The van der Waals surface area contributed by atoms with E-state index < -0.39 is 4.92 Å². The number of ether oxygens (including phenoxy) is 1. The fourth-order valence-corrected chi connectivity index (χ4v) is 3.65. The number of rotatable bonds is 12. The van der Waals surface area contributed by atoms with Crippen LogP contribution in [0.15, 0.2) is 48.5 Å². The van der Waals surface area contributed by atoms with Crippen LogP contribution in [0.2, 0.25) is 0 Å². The van der Waals surface area contributed by atoms with E-state index in [-0.39, 0.29) is 17.6 Å². The maximum Gasteiger partial charge on any atom is 0.269 e. The van der Waals surface area contributed by atoms with Gasteiger partial charge in [-0.15, -0.1) is 0 Å². The van der Waals surface area contributed by atoms with Crippen LogP contribution in [0.3, 0.4) is 0 Å². The van der Waals surface area contributed by atoms with Crippen LogP contribution in [0, 0.1) is 10.1 Å². The summed E-state index contributed by atoms with van der Waals surface area (Å²) < 4.78 is 5.23. The van der Waals surface area contributed by atoms with E-state index >= 15 is 0 Å². The number of amides is 1. The molecule has 0 saturated heterocycles. The molecule has 7 nitrogen and oxygen atoms in total. The van der Waals surface area contributed by atoms with Crippen molar-refractivity contribution in [2.75, 3.05) is 26.7 Å². The van der Waals surface area contributed by atoms with Crippen LogP contribution in [0.4, 0.5) is 5.69 Å². The van der Waals surface area contributed by atoms with E-state index in [1.807, 2.05) is 29.2 Å². The number of nitrogens with zero attached hydrogens (tertiary/aromatic N) is 2. The lowest BCUT2D eigenvalue weighted by atomic mass is 10.1. The molecule has 0 saturated carbocycles.